The average molecular weight is 524 g/mol. The largest absolute Gasteiger partial charge is 0.493 e. The predicted octanol–water partition coefficient (Wildman–Crippen LogP) is 3.36. The maximum atomic E-state index is 13.9. The molecule has 2 aromatic carbocycles. The van der Waals surface area contributed by atoms with Crippen molar-refractivity contribution in [1.29, 1.82) is 0 Å². The van der Waals surface area contributed by atoms with Crippen LogP contribution in [0, 0.1) is 5.82 Å². The number of hydrazine groups is 1. The number of carbonyl (C=O) groups excluding carboxylic acids is 1. The summed E-state index contributed by atoms with van der Waals surface area (Å²) < 4.78 is 25.5. The van der Waals surface area contributed by atoms with E-state index in [2.05, 4.69) is 34.2 Å². The van der Waals surface area contributed by atoms with Crippen LogP contribution in [0.1, 0.15) is 19.8 Å². The van der Waals surface area contributed by atoms with Crippen molar-refractivity contribution in [2.75, 3.05) is 57.3 Å². The SMILES string of the molecule is CCCN(C)CCCOc1cc2ncnc(NC3=CN(CC(N)=O)N(c4cccc(F)c4)C3)c2cc1OC. The van der Waals surface area contributed by atoms with Crippen molar-refractivity contribution < 1.29 is 18.7 Å². The van der Waals surface area contributed by atoms with Gasteiger partial charge in [-0.25, -0.2) is 14.4 Å². The van der Waals surface area contributed by atoms with E-state index >= 15 is 0 Å². The Bertz CT molecular complexity index is 1300. The van der Waals surface area contributed by atoms with Gasteiger partial charge in [0.2, 0.25) is 5.91 Å². The minimum atomic E-state index is -0.509. The summed E-state index contributed by atoms with van der Waals surface area (Å²) in [6.07, 6.45) is 5.25. The highest BCUT2D eigenvalue weighted by Gasteiger charge is 2.25. The number of hydrogen-bond donors (Lipinski definition) is 2. The molecule has 0 spiro atoms. The summed E-state index contributed by atoms with van der Waals surface area (Å²) in [6, 6.07) is 9.84. The van der Waals surface area contributed by atoms with E-state index < -0.39 is 5.91 Å². The smallest absolute Gasteiger partial charge is 0.239 e. The first-order valence-electron chi connectivity index (χ1n) is 12.6. The lowest BCUT2D eigenvalue weighted by Crippen LogP contribution is -2.41. The van der Waals surface area contributed by atoms with Crippen molar-refractivity contribution in [3.05, 3.63) is 60.4 Å². The highest BCUT2D eigenvalue weighted by molar-refractivity contribution is 5.92. The monoisotopic (exact) mass is 523 g/mol. The lowest BCUT2D eigenvalue weighted by atomic mass is 10.2. The standard InChI is InChI=1S/C27H34FN7O3/c1-4-9-33(2)10-6-11-38-25-14-23-22(13-24(25)37-3)27(31-18-30-23)32-20-15-34(17-26(29)36)35(16-20)21-8-5-7-19(28)12-21/h5,7-8,12-15,18H,4,6,9-11,16-17H2,1-3H3,(H2,29,36)(H,30,31,32). The molecular formula is C27H34FN7O3. The lowest BCUT2D eigenvalue weighted by Gasteiger charge is -2.29. The Kier molecular flexibility index (Phi) is 8.80. The number of halogens is 1. The Balaban J connectivity index is 1.53. The molecule has 10 nitrogen and oxygen atoms in total. The van der Waals surface area contributed by atoms with Gasteiger partial charge in [-0.15, -0.1) is 0 Å². The fourth-order valence-corrected chi connectivity index (χ4v) is 4.38. The van der Waals surface area contributed by atoms with E-state index in [1.165, 1.54) is 18.5 Å². The van der Waals surface area contributed by atoms with Gasteiger partial charge in [-0.2, -0.15) is 0 Å². The molecule has 0 saturated carbocycles. The molecule has 1 aliphatic rings. The number of amides is 1. The molecule has 0 atom stereocenters. The number of nitrogens with two attached hydrogens (primary N) is 1. The fourth-order valence-electron chi connectivity index (χ4n) is 4.38. The number of nitrogens with zero attached hydrogens (tertiary/aromatic N) is 5. The molecule has 0 aliphatic carbocycles. The summed E-state index contributed by atoms with van der Waals surface area (Å²) in [7, 11) is 3.70. The number of ether oxygens (including phenoxy) is 2. The molecule has 11 heteroatoms. The minimum Gasteiger partial charge on any atom is -0.493 e. The summed E-state index contributed by atoms with van der Waals surface area (Å²) in [5, 5.41) is 7.48. The minimum absolute atomic E-state index is 0.0605. The van der Waals surface area contributed by atoms with E-state index in [4.69, 9.17) is 15.2 Å². The number of aromatic nitrogens is 2. The van der Waals surface area contributed by atoms with Crippen LogP contribution in [-0.2, 0) is 4.79 Å². The van der Waals surface area contributed by atoms with Crippen LogP contribution in [0.3, 0.4) is 0 Å². The summed E-state index contributed by atoms with van der Waals surface area (Å²) in [5.41, 5.74) is 7.48. The maximum Gasteiger partial charge on any atom is 0.239 e. The van der Waals surface area contributed by atoms with Crippen molar-refractivity contribution in [3.63, 3.8) is 0 Å². The van der Waals surface area contributed by atoms with Crippen molar-refractivity contribution >= 4 is 28.3 Å². The third-order valence-electron chi connectivity index (χ3n) is 6.11. The number of hydrogen-bond acceptors (Lipinski definition) is 9. The van der Waals surface area contributed by atoms with Crippen LogP contribution in [0.15, 0.2) is 54.6 Å². The summed E-state index contributed by atoms with van der Waals surface area (Å²) in [5.74, 6) is 0.878. The molecule has 1 aromatic heterocycles. The zero-order chi connectivity index (χ0) is 27.1. The summed E-state index contributed by atoms with van der Waals surface area (Å²) in [6.45, 7) is 5.03. The van der Waals surface area contributed by atoms with Crippen LogP contribution in [0.5, 0.6) is 11.5 Å². The quantitative estimate of drug-likeness (QED) is 0.326. The molecule has 0 saturated heterocycles. The second-order valence-electron chi connectivity index (χ2n) is 9.13. The highest BCUT2D eigenvalue weighted by atomic mass is 19.1. The van der Waals surface area contributed by atoms with E-state index in [9.17, 15) is 9.18 Å². The van der Waals surface area contributed by atoms with E-state index in [0.29, 0.717) is 41.7 Å². The molecule has 202 valence electrons. The van der Waals surface area contributed by atoms with E-state index in [1.54, 1.807) is 35.5 Å². The first kappa shape index (κ1) is 26.9. The highest BCUT2D eigenvalue weighted by Crippen LogP contribution is 2.35. The molecular weight excluding hydrogens is 489 g/mol. The Hall–Kier alpha value is -4.12. The maximum absolute atomic E-state index is 13.9. The van der Waals surface area contributed by atoms with Crippen molar-refractivity contribution in [1.82, 2.24) is 19.9 Å². The second-order valence-corrected chi connectivity index (χ2v) is 9.13. The Morgan fingerprint density at radius 3 is 2.79 bits per heavy atom. The molecule has 1 aliphatic heterocycles. The van der Waals surface area contributed by atoms with Crippen molar-refractivity contribution in [3.8, 4) is 11.5 Å². The number of anilines is 2. The van der Waals surface area contributed by atoms with E-state index in [1.807, 2.05) is 12.1 Å². The normalized spacial score (nSPS) is 13.2. The molecule has 0 unspecified atom stereocenters. The second kappa shape index (κ2) is 12.4. The molecule has 0 fully saturated rings. The van der Waals surface area contributed by atoms with Crippen molar-refractivity contribution in [2.24, 2.45) is 5.73 Å². The third kappa shape index (κ3) is 6.60. The Morgan fingerprint density at radius 2 is 2.05 bits per heavy atom. The van der Waals surface area contributed by atoms with Gasteiger partial charge in [0.05, 0.1) is 37.2 Å². The molecule has 3 aromatic rings. The number of benzene rings is 2. The number of fused-ring (bicyclic) bond motifs is 1. The Labute approximate surface area is 221 Å². The molecule has 4 rings (SSSR count). The van der Waals surface area contributed by atoms with Crippen LogP contribution < -0.4 is 25.5 Å². The summed E-state index contributed by atoms with van der Waals surface area (Å²) >= 11 is 0. The predicted molar refractivity (Wildman–Crippen MR) is 145 cm³/mol. The van der Waals surface area contributed by atoms with Gasteiger partial charge in [-0.1, -0.05) is 13.0 Å². The van der Waals surface area contributed by atoms with Gasteiger partial charge in [0, 0.05) is 24.2 Å². The number of methoxy groups -OCH3 is 1. The summed E-state index contributed by atoms with van der Waals surface area (Å²) in [4.78, 5) is 22.8. The van der Waals surface area contributed by atoms with E-state index in [0.717, 1.165) is 37.0 Å². The molecule has 0 radical (unpaired) electrons. The molecule has 3 N–H and O–H groups in total. The van der Waals surface area contributed by atoms with Gasteiger partial charge < -0.3 is 25.4 Å². The zero-order valence-electron chi connectivity index (χ0n) is 22.0. The number of carbonyl (C=O) groups is 1. The topological polar surface area (TPSA) is 109 Å². The van der Waals surface area contributed by atoms with Crippen LogP contribution in [0.25, 0.3) is 10.9 Å². The third-order valence-corrected chi connectivity index (χ3v) is 6.11. The van der Waals surface area contributed by atoms with Crippen LogP contribution in [-0.4, -0.2) is 72.7 Å². The van der Waals surface area contributed by atoms with Crippen LogP contribution in [0.4, 0.5) is 15.9 Å². The molecule has 2 heterocycles. The van der Waals surface area contributed by atoms with Gasteiger partial charge in [0.1, 0.15) is 24.5 Å². The van der Waals surface area contributed by atoms with Gasteiger partial charge in [-0.3, -0.25) is 14.8 Å². The van der Waals surface area contributed by atoms with Crippen LogP contribution in [0.2, 0.25) is 0 Å². The average Bonchev–Trinajstić information content (AvgIpc) is 3.27. The first-order chi connectivity index (χ1) is 18.4. The van der Waals surface area contributed by atoms with Crippen LogP contribution >= 0.6 is 0 Å². The van der Waals surface area contributed by atoms with Gasteiger partial charge in [0.15, 0.2) is 11.5 Å². The Morgan fingerprint density at radius 1 is 1.21 bits per heavy atom. The van der Waals surface area contributed by atoms with E-state index in [-0.39, 0.29) is 12.4 Å². The van der Waals surface area contributed by atoms with Gasteiger partial charge in [-0.05, 0) is 50.7 Å². The lowest BCUT2D eigenvalue weighted by molar-refractivity contribution is -0.118. The molecule has 38 heavy (non-hydrogen) atoms. The number of nitrogens with one attached hydrogen (secondary N) is 1. The molecule has 0 bridgehead atoms. The number of primary amides is 1. The van der Waals surface area contributed by atoms with Gasteiger partial charge >= 0.3 is 0 Å². The van der Waals surface area contributed by atoms with Crippen molar-refractivity contribution in [2.45, 2.75) is 19.8 Å². The first-order valence-corrected chi connectivity index (χ1v) is 12.6. The fraction of sp³-hybridized carbons (Fsp3) is 0.370. The zero-order valence-corrected chi connectivity index (χ0v) is 22.0. The van der Waals surface area contributed by atoms with Gasteiger partial charge in [0.25, 0.3) is 0 Å². The molecule has 1 amide bonds. The number of rotatable bonds is 13.